The molecule has 0 aromatic carbocycles. The molecular weight excluding hydrogens is 517 g/mol. The van der Waals surface area contributed by atoms with Crippen LogP contribution in [0.15, 0.2) is 41.3 Å². The fraction of sp³-hybridized carbons (Fsp3) is 0.0588. The molecule has 31 heavy (non-hydrogen) atoms. The molecule has 14 heteroatoms. The molecule has 3 aromatic heterocycles. The first kappa shape index (κ1) is 22.5. The molecule has 0 radical (unpaired) electrons. The third-order valence-electron chi connectivity index (χ3n) is 3.70. The summed E-state index contributed by atoms with van der Waals surface area (Å²) in [5.74, 6) is -1.23. The van der Waals surface area contributed by atoms with E-state index in [1.165, 1.54) is 29.2 Å². The lowest BCUT2D eigenvalue weighted by atomic mass is 10.2. The number of aromatic nitrogens is 4. The minimum Gasteiger partial charge on any atom is -0.452 e. The molecule has 11 nitrogen and oxygen atoms in total. The Balaban J connectivity index is 1.93. The van der Waals surface area contributed by atoms with E-state index in [0.29, 0.717) is 4.60 Å². The SMILES string of the molecule is COC(=O)NNC(=O)c1ccnc(Cl)c1NC(=O)c1cc(Br)nn1-c1ncccc1Cl. The van der Waals surface area contributed by atoms with Gasteiger partial charge in [0.25, 0.3) is 11.8 Å². The third kappa shape index (κ3) is 5.10. The first-order chi connectivity index (χ1) is 14.8. The van der Waals surface area contributed by atoms with Crippen LogP contribution in [0.1, 0.15) is 20.8 Å². The number of nitrogens with zero attached hydrogens (tertiary/aromatic N) is 4. The van der Waals surface area contributed by atoms with E-state index in [4.69, 9.17) is 23.2 Å². The first-order valence-electron chi connectivity index (χ1n) is 8.28. The molecule has 3 amide bonds. The van der Waals surface area contributed by atoms with Crippen LogP contribution in [0.4, 0.5) is 10.5 Å². The van der Waals surface area contributed by atoms with Crippen LogP contribution < -0.4 is 16.2 Å². The highest BCUT2D eigenvalue weighted by Crippen LogP contribution is 2.26. The van der Waals surface area contributed by atoms with E-state index in [1.54, 1.807) is 12.1 Å². The molecule has 0 fully saturated rings. The molecule has 0 spiro atoms. The number of ether oxygens (including phenoxy) is 1. The number of hydrazine groups is 1. The predicted molar refractivity (Wildman–Crippen MR) is 114 cm³/mol. The second-order valence-electron chi connectivity index (χ2n) is 5.62. The minimum atomic E-state index is -0.889. The van der Waals surface area contributed by atoms with Crippen molar-refractivity contribution >= 4 is 62.7 Å². The number of anilines is 1. The first-order valence-corrected chi connectivity index (χ1v) is 9.83. The van der Waals surface area contributed by atoms with Gasteiger partial charge in [-0.2, -0.15) is 5.10 Å². The molecule has 3 rings (SSSR count). The molecule has 3 heterocycles. The van der Waals surface area contributed by atoms with Gasteiger partial charge in [-0.15, -0.1) is 0 Å². The summed E-state index contributed by atoms with van der Waals surface area (Å²) in [6.45, 7) is 0. The monoisotopic (exact) mass is 527 g/mol. The van der Waals surface area contributed by atoms with Crippen LogP contribution in [0.2, 0.25) is 10.2 Å². The van der Waals surface area contributed by atoms with Crippen molar-refractivity contribution in [3.05, 3.63) is 62.7 Å². The summed E-state index contributed by atoms with van der Waals surface area (Å²) in [6, 6.07) is 5.96. The van der Waals surface area contributed by atoms with Crippen molar-refractivity contribution in [1.82, 2.24) is 30.6 Å². The van der Waals surface area contributed by atoms with Gasteiger partial charge in [0.2, 0.25) is 0 Å². The number of nitrogens with one attached hydrogen (secondary N) is 3. The van der Waals surface area contributed by atoms with Crippen molar-refractivity contribution in [2.24, 2.45) is 0 Å². The maximum atomic E-state index is 13.0. The molecule has 3 N–H and O–H groups in total. The number of halogens is 3. The molecule has 0 atom stereocenters. The number of carbonyl (C=O) groups excluding carboxylic acids is 3. The number of hydrogen-bond donors (Lipinski definition) is 3. The highest BCUT2D eigenvalue weighted by molar-refractivity contribution is 9.10. The second-order valence-corrected chi connectivity index (χ2v) is 7.20. The van der Waals surface area contributed by atoms with Gasteiger partial charge < -0.3 is 10.1 Å². The van der Waals surface area contributed by atoms with E-state index in [2.05, 4.69) is 46.5 Å². The van der Waals surface area contributed by atoms with E-state index >= 15 is 0 Å². The standard InChI is InChI=1S/C17H12BrCl2N7O4/c1-31-17(30)25-24-15(28)8-4-6-21-13(20)12(8)23-16(29)10-7-11(18)26-27(10)14-9(19)3-2-5-22-14/h2-7H,1H3,(H,23,29)(H,24,28)(H,25,30). The van der Waals surface area contributed by atoms with E-state index in [0.717, 1.165) is 7.11 Å². The van der Waals surface area contributed by atoms with E-state index < -0.39 is 17.9 Å². The molecule has 0 unspecified atom stereocenters. The fourth-order valence-corrected chi connectivity index (χ4v) is 3.14. The molecule has 160 valence electrons. The van der Waals surface area contributed by atoms with E-state index in [1.807, 2.05) is 5.43 Å². The van der Waals surface area contributed by atoms with Crippen LogP contribution in [-0.4, -0.2) is 44.8 Å². The van der Waals surface area contributed by atoms with Crippen molar-refractivity contribution in [3.8, 4) is 5.82 Å². The number of amides is 3. The van der Waals surface area contributed by atoms with Gasteiger partial charge in [0.15, 0.2) is 11.0 Å². The number of methoxy groups -OCH3 is 1. The molecule has 0 bridgehead atoms. The Labute approximate surface area is 193 Å². The molecule has 0 saturated carbocycles. The van der Waals surface area contributed by atoms with Crippen molar-refractivity contribution in [2.75, 3.05) is 12.4 Å². The summed E-state index contributed by atoms with van der Waals surface area (Å²) in [6.07, 6.45) is 1.87. The largest absolute Gasteiger partial charge is 0.452 e. The number of carbonyl (C=O) groups is 3. The average molecular weight is 529 g/mol. The summed E-state index contributed by atoms with van der Waals surface area (Å²) in [7, 11) is 1.13. The summed E-state index contributed by atoms with van der Waals surface area (Å²) in [5, 5.41) is 6.82. The van der Waals surface area contributed by atoms with Gasteiger partial charge >= 0.3 is 6.09 Å². The lowest BCUT2D eigenvalue weighted by Crippen LogP contribution is -2.41. The molecule has 0 aliphatic rings. The Hall–Kier alpha value is -3.22. The number of pyridine rings is 2. The highest BCUT2D eigenvalue weighted by Gasteiger charge is 2.23. The summed E-state index contributed by atoms with van der Waals surface area (Å²) >= 11 is 15.5. The normalized spacial score (nSPS) is 10.3. The number of rotatable bonds is 4. The van der Waals surface area contributed by atoms with Gasteiger partial charge in [-0.25, -0.2) is 24.9 Å². The summed E-state index contributed by atoms with van der Waals surface area (Å²) in [4.78, 5) is 44.6. The zero-order valence-electron chi connectivity index (χ0n) is 15.5. The Morgan fingerprint density at radius 3 is 2.58 bits per heavy atom. The predicted octanol–water partition coefficient (Wildman–Crippen LogP) is 2.98. The lowest BCUT2D eigenvalue weighted by Gasteiger charge is -2.13. The average Bonchev–Trinajstić information content (AvgIpc) is 3.15. The van der Waals surface area contributed by atoms with Crippen LogP contribution in [0.3, 0.4) is 0 Å². The summed E-state index contributed by atoms with van der Waals surface area (Å²) < 4.78 is 5.95. The molecule has 0 aliphatic heterocycles. The summed E-state index contributed by atoms with van der Waals surface area (Å²) in [5.41, 5.74) is 4.04. The van der Waals surface area contributed by atoms with Crippen LogP contribution >= 0.6 is 39.1 Å². The van der Waals surface area contributed by atoms with Crippen LogP contribution in [0, 0.1) is 0 Å². The Morgan fingerprint density at radius 1 is 1.10 bits per heavy atom. The van der Waals surface area contributed by atoms with Crippen LogP contribution in [-0.2, 0) is 4.74 Å². The van der Waals surface area contributed by atoms with Crippen molar-refractivity contribution in [3.63, 3.8) is 0 Å². The van der Waals surface area contributed by atoms with Gasteiger partial charge in [-0.1, -0.05) is 23.2 Å². The minimum absolute atomic E-state index is 0.0476. The van der Waals surface area contributed by atoms with Gasteiger partial charge in [0.1, 0.15) is 10.3 Å². The molecule has 0 saturated heterocycles. The van der Waals surface area contributed by atoms with Crippen LogP contribution in [0.25, 0.3) is 5.82 Å². The Bertz CT molecular complexity index is 1170. The maximum absolute atomic E-state index is 13.0. The van der Waals surface area contributed by atoms with Crippen molar-refractivity contribution in [2.45, 2.75) is 0 Å². The third-order valence-corrected chi connectivity index (χ3v) is 4.67. The second kappa shape index (κ2) is 9.73. The smallest absolute Gasteiger partial charge is 0.425 e. The van der Waals surface area contributed by atoms with Gasteiger partial charge in [-0.3, -0.25) is 15.0 Å². The molecule has 0 aliphatic carbocycles. The zero-order valence-corrected chi connectivity index (χ0v) is 18.6. The fourth-order valence-electron chi connectivity index (χ4n) is 2.36. The van der Waals surface area contributed by atoms with Crippen LogP contribution in [0.5, 0.6) is 0 Å². The molecular formula is C17H12BrCl2N7O4. The lowest BCUT2D eigenvalue weighted by molar-refractivity contribution is 0.0921. The van der Waals surface area contributed by atoms with E-state index in [-0.39, 0.29) is 32.9 Å². The van der Waals surface area contributed by atoms with Crippen molar-refractivity contribution < 1.29 is 19.1 Å². The highest BCUT2D eigenvalue weighted by atomic mass is 79.9. The van der Waals surface area contributed by atoms with Crippen molar-refractivity contribution in [1.29, 1.82) is 0 Å². The quantitative estimate of drug-likeness (QED) is 0.349. The maximum Gasteiger partial charge on any atom is 0.425 e. The Morgan fingerprint density at radius 2 is 1.87 bits per heavy atom. The molecule has 3 aromatic rings. The Kier molecular flexibility index (Phi) is 7.05. The van der Waals surface area contributed by atoms with Gasteiger partial charge in [0, 0.05) is 18.5 Å². The van der Waals surface area contributed by atoms with Gasteiger partial charge in [0.05, 0.1) is 23.4 Å². The zero-order chi connectivity index (χ0) is 22.5. The number of hydrogen-bond acceptors (Lipinski definition) is 7. The van der Waals surface area contributed by atoms with E-state index in [9.17, 15) is 14.4 Å². The topological polar surface area (TPSA) is 140 Å². The van der Waals surface area contributed by atoms with Gasteiger partial charge in [-0.05, 0) is 34.1 Å².